The van der Waals surface area contributed by atoms with Crippen molar-refractivity contribution in [3.8, 4) is 0 Å². The number of amides is 1. The van der Waals surface area contributed by atoms with Crippen molar-refractivity contribution < 1.29 is 19.4 Å². The van der Waals surface area contributed by atoms with Gasteiger partial charge in [-0.15, -0.1) is 10.2 Å². The molecule has 104 valence electrons. The Labute approximate surface area is 114 Å². The summed E-state index contributed by atoms with van der Waals surface area (Å²) in [4.78, 5) is 21.9. The van der Waals surface area contributed by atoms with Gasteiger partial charge in [0.15, 0.2) is 0 Å². The summed E-state index contributed by atoms with van der Waals surface area (Å²) in [5.74, 6) is -1.14. The standard InChI is InChI=1S/C11H15N3O4S/c15-8(4-1-5-9(16)17)12-11-14-13-10(19-11)7-3-2-6-18-7/h7H,1-6H2,(H,16,17)(H,12,14,15). The molecule has 2 N–H and O–H groups in total. The fourth-order valence-corrected chi connectivity index (χ4v) is 2.61. The molecule has 0 bridgehead atoms. The molecular weight excluding hydrogens is 270 g/mol. The summed E-state index contributed by atoms with van der Waals surface area (Å²) in [5, 5.41) is 20.2. The van der Waals surface area contributed by atoms with Crippen LogP contribution in [0.1, 0.15) is 43.2 Å². The molecule has 0 aliphatic carbocycles. The second-order valence-corrected chi connectivity index (χ2v) is 5.25. The Kier molecular flexibility index (Phi) is 4.80. The Morgan fingerprint density at radius 3 is 2.95 bits per heavy atom. The first kappa shape index (κ1) is 13.9. The monoisotopic (exact) mass is 285 g/mol. The van der Waals surface area contributed by atoms with E-state index in [0.717, 1.165) is 24.5 Å². The third kappa shape index (κ3) is 4.25. The molecule has 1 unspecified atom stereocenters. The predicted molar refractivity (Wildman–Crippen MR) is 68.0 cm³/mol. The van der Waals surface area contributed by atoms with Gasteiger partial charge in [-0.25, -0.2) is 0 Å². The van der Waals surface area contributed by atoms with Crippen LogP contribution in [0.3, 0.4) is 0 Å². The van der Waals surface area contributed by atoms with Gasteiger partial charge < -0.3 is 15.2 Å². The summed E-state index contributed by atoms with van der Waals surface area (Å²) >= 11 is 1.30. The highest BCUT2D eigenvalue weighted by Gasteiger charge is 2.22. The van der Waals surface area contributed by atoms with Crippen molar-refractivity contribution in [2.75, 3.05) is 11.9 Å². The number of hydrogen-bond acceptors (Lipinski definition) is 6. The number of nitrogens with zero attached hydrogens (tertiary/aromatic N) is 2. The summed E-state index contributed by atoms with van der Waals surface area (Å²) in [7, 11) is 0. The number of anilines is 1. The van der Waals surface area contributed by atoms with Gasteiger partial charge in [0.25, 0.3) is 0 Å². The number of aliphatic carboxylic acids is 1. The van der Waals surface area contributed by atoms with Crippen molar-refractivity contribution in [2.45, 2.75) is 38.2 Å². The van der Waals surface area contributed by atoms with E-state index in [1.807, 2.05) is 0 Å². The van der Waals surface area contributed by atoms with Crippen LogP contribution in [0.15, 0.2) is 0 Å². The molecule has 0 radical (unpaired) electrons. The van der Waals surface area contributed by atoms with Crippen LogP contribution in [-0.2, 0) is 14.3 Å². The van der Waals surface area contributed by atoms with Crippen molar-refractivity contribution in [1.82, 2.24) is 10.2 Å². The highest BCUT2D eigenvalue weighted by molar-refractivity contribution is 7.15. The SMILES string of the molecule is O=C(O)CCCC(=O)Nc1nnc(C2CCCO2)s1. The number of ether oxygens (including phenoxy) is 1. The fraction of sp³-hybridized carbons (Fsp3) is 0.636. The molecule has 2 rings (SSSR count). The number of carboxylic acid groups (broad SMARTS) is 1. The van der Waals surface area contributed by atoms with E-state index in [4.69, 9.17) is 9.84 Å². The molecule has 8 heteroatoms. The summed E-state index contributed by atoms with van der Waals surface area (Å²) in [6.45, 7) is 0.737. The number of hydrogen-bond donors (Lipinski definition) is 2. The van der Waals surface area contributed by atoms with E-state index in [2.05, 4.69) is 15.5 Å². The number of rotatable bonds is 6. The van der Waals surface area contributed by atoms with Crippen molar-refractivity contribution >= 4 is 28.3 Å². The first-order valence-corrected chi connectivity index (χ1v) is 6.93. The molecular formula is C11H15N3O4S. The van der Waals surface area contributed by atoms with Gasteiger partial charge in [0.05, 0.1) is 0 Å². The fourth-order valence-electron chi connectivity index (χ4n) is 1.77. The molecule has 1 aromatic heterocycles. The lowest BCUT2D eigenvalue weighted by molar-refractivity contribution is -0.137. The van der Waals surface area contributed by atoms with Gasteiger partial charge in [-0.05, 0) is 19.3 Å². The Balaban J connectivity index is 1.79. The van der Waals surface area contributed by atoms with Gasteiger partial charge in [-0.3, -0.25) is 9.59 Å². The predicted octanol–water partition coefficient (Wildman–Crippen LogP) is 1.58. The second kappa shape index (κ2) is 6.58. The number of carbonyl (C=O) groups is 2. The van der Waals surface area contributed by atoms with E-state index in [-0.39, 0.29) is 24.9 Å². The molecule has 0 aromatic carbocycles. The molecule has 0 saturated carbocycles. The highest BCUT2D eigenvalue weighted by atomic mass is 32.1. The van der Waals surface area contributed by atoms with Crippen LogP contribution >= 0.6 is 11.3 Å². The molecule has 1 aromatic rings. The molecule has 1 saturated heterocycles. The quantitative estimate of drug-likeness (QED) is 0.823. The zero-order valence-corrected chi connectivity index (χ0v) is 11.1. The van der Waals surface area contributed by atoms with Crippen molar-refractivity contribution in [1.29, 1.82) is 0 Å². The summed E-state index contributed by atoms with van der Waals surface area (Å²) in [5.41, 5.74) is 0. The minimum atomic E-state index is -0.899. The van der Waals surface area contributed by atoms with Crippen molar-refractivity contribution in [3.05, 3.63) is 5.01 Å². The maximum absolute atomic E-state index is 11.5. The second-order valence-electron chi connectivity index (χ2n) is 4.24. The van der Waals surface area contributed by atoms with E-state index in [1.54, 1.807) is 0 Å². The maximum atomic E-state index is 11.5. The van der Waals surface area contributed by atoms with Gasteiger partial charge in [0.1, 0.15) is 11.1 Å². The van der Waals surface area contributed by atoms with Crippen molar-refractivity contribution in [3.63, 3.8) is 0 Å². The van der Waals surface area contributed by atoms with Crippen LogP contribution in [0.5, 0.6) is 0 Å². The van der Waals surface area contributed by atoms with Gasteiger partial charge in [-0.1, -0.05) is 11.3 Å². The molecule has 1 aliphatic heterocycles. The molecule has 7 nitrogen and oxygen atoms in total. The first-order valence-electron chi connectivity index (χ1n) is 6.12. The number of aromatic nitrogens is 2. The van der Waals surface area contributed by atoms with Crippen LogP contribution in [0.2, 0.25) is 0 Å². The maximum Gasteiger partial charge on any atom is 0.303 e. The van der Waals surface area contributed by atoms with Gasteiger partial charge >= 0.3 is 5.97 Å². The summed E-state index contributed by atoms with van der Waals surface area (Å²) in [6.07, 6.45) is 2.42. The minimum absolute atomic E-state index is 0.00448. The molecule has 2 heterocycles. The lowest BCUT2D eigenvalue weighted by atomic mass is 10.2. The third-order valence-electron chi connectivity index (χ3n) is 2.69. The van der Waals surface area contributed by atoms with E-state index < -0.39 is 5.97 Å². The van der Waals surface area contributed by atoms with Crippen molar-refractivity contribution in [2.24, 2.45) is 0 Å². The van der Waals surface area contributed by atoms with Crippen LogP contribution < -0.4 is 5.32 Å². The molecule has 1 aliphatic rings. The topological polar surface area (TPSA) is 101 Å². The van der Waals surface area contributed by atoms with Gasteiger partial charge in [0, 0.05) is 19.4 Å². The molecule has 0 spiro atoms. The van der Waals surface area contributed by atoms with Crippen LogP contribution in [0, 0.1) is 0 Å². The summed E-state index contributed by atoms with van der Waals surface area (Å²) in [6, 6.07) is 0. The Bertz CT molecular complexity index is 457. The highest BCUT2D eigenvalue weighted by Crippen LogP contribution is 2.31. The van der Waals surface area contributed by atoms with Gasteiger partial charge in [0.2, 0.25) is 11.0 Å². The number of carbonyl (C=O) groups excluding carboxylic acids is 1. The normalized spacial score (nSPS) is 18.4. The van der Waals surface area contributed by atoms with Gasteiger partial charge in [-0.2, -0.15) is 0 Å². The van der Waals surface area contributed by atoms with Crippen LogP contribution in [0.25, 0.3) is 0 Å². The van der Waals surface area contributed by atoms with E-state index in [9.17, 15) is 9.59 Å². The lowest BCUT2D eigenvalue weighted by Crippen LogP contribution is -2.11. The molecule has 19 heavy (non-hydrogen) atoms. The average molecular weight is 285 g/mol. The Morgan fingerprint density at radius 1 is 1.42 bits per heavy atom. The Hall–Kier alpha value is -1.54. The largest absolute Gasteiger partial charge is 0.481 e. The molecule has 1 fully saturated rings. The van der Waals surface area contributed by atoms with Crippen LogP contribution in [-0.4, -0.2) is 33.8 Å². The smallest absolute Gasteiger partial charge is 0.303 e. The minimum Gasteiger partial charge on any atom is -0.481 e. The zero-order valence-electron chi connectivity index (χ0n) is 10.3. The third-order valence-corrected chi connectivity index (χ3v) is 3.62. The first-order chi connectivity index (χ1) is 9.15. The van der Waals surface area contributed by atoms with E-state index in [1.165, 1.54) is 11.3 Å². The van der Waals surface area contributed by atoms with E-state index in [0.29, 0.717) is 11.6 Å². The average Bonchev–Trinajstić information content (AvgIpc) is 2.97. The van der Waals surface area contributed by atoms with Crippen LogP contribution in [0.4, 0.5) is 5.13 Å². The zero-order chi connectivity index (χ0) is 13.7. The molecule has 1 atom stereocenters. The Morgan fingerprint density at radius 2 is 2.26 bits per heavy atom. The summed E-state index contributed by atoms with van der Waals surface area (Å²) < 4.78 is 5.48. The lowest BCUT2D eigenvalue weighted by Gasteiger charge is -2.02. The molecule has 1 amide bonds. The number of nitrogens with one attached hydrogen (secondary N) is 1. The number of carboxylic acids is 1. The van der Waals surface area contributed by atoms with E-state index >= 15 is 0 Å².